The third-order valence-corrected chi connectivity index (χ3v) is 5.38. The highest BCUT2D eigenvalue weighted by Gasteiger charge is 2.16. The minimum atomic E-state index is -0.207. The first-order valence-corrected chi connectivity index (χ1v) is 9.80. The summed E-state index contributed by atoms with van der Waals surface area (Å²) in [7, 11) is 3.93. The molecule has 0 spiro atoms. The molecule has 0 saturated heterocycles. The number of nitrogens with zero attached hydrogens (tertiary/aromatic N) is 6. The van der Waals surface area contributed by atoms with Crippen molar-refractivity contribution in [2.75, 3.05) is 18.9 Å². The second-order valence-corrected chi connectivity index (χ2v) is 7.67. The van der Waals surface area contributed by atoms with Crippen molar-refractivity contribution in [3.63, 3.8) is 0 Å². The molecule has 150 valence electrons. The summed E-state index contributed by atoms with van der Waals surface area (Å²) in [5.41, 5.74) is 5.54. The largest absolute Gasteiger partial charge is 0.302 e. The summed E-state index contributed by atoms with van der Waals surface area (Å²) >= 11 is 0. The van der Waals surface area contributed by atoms with Gasteiger partial charge < -0.3 is 4.90 Å². The van der Waals surface area contributed by atoms with Gasteiger partial charge in [-0.05, 0) is 42.8 Å². The first-order valence-electron chi connectivity index (χ1n) is 9.80. The van der Waals surface area contributed by atoms with Gasteiger partial charge >= 0.3 is 0 Å². The molecule has 1 aliphatic rings. The lowest BCUT2D eigenvalue weighted by atomic mass is 9.97. The van der Waals surface area contributed by atoms with Crippen molar-refractivity contribution in [3.8, 4) is 11.3 Å². The van der Waals surface area contributed by atoms with Crippen LogP contribution in [-0.2, 0) is 20.0 Å². The van der Waals surface area contributed by atoms with Gasteiger partial charge in [0.15, 0.2) is 0 Å². The predicted octanol–water partition coefficient (Wildman–Crippen LogP) is 2.67. The lowest BCUT2D eigenvalue weighted by Gasteiger charge is -2.25. The second-order valence-electron chi connectivity index (χ2n) is 7.67. The van der Waals surface area contributed by atoms with Gasteiger partial charge in [0.1, 0.15) is 5.69 Å². The Balaban J connectivity index is 1.40. The van der Waals surface area contributed by atoms with E-state index in [9.17, 15) is 4.79 Å². The van der Waals surface area contributed by atoms with E-state index in [2.05, 4.69) is 37.5 Å². The first kappa shape index (κ1) is 18.4. The fourth-order valence-electron chi connectivity index (χ4n) is 3.73. The Kier molecular flexibility index (Phi) is 4.48. The number of likely N-dealkylation sites (N-methyl/N-ethyl adjacent to an activating group) is 1. The van der Waals surface area contributed by atoms with Crippen LogP contribution in [0.2, 0.25) is 0 Å². The van der Waals surface area contributed by atoms with E-state index in [0.29, 0.717) is 5.56 Å². The molecular weight excluding hydrogens is 378 g/mol. The van der Waals surface area contributed by atoms with Crippen molar-refractivity contribution >= 4 is 22.8 Å². The van der Waals surface area contributed by atoms with Crippen LogP contribution in [0.15, 0.2) is 48.8 Å². The van der Waals surface area contributed by atoms with Crippen molar-refractivity contribution in [1.29, 1.82) is 0 Å². The second kappa shape index (κ2) is 7.31. The zero-order chi connectivity index (χ0) is 20.7. The number of hydrogen-bond donors (Lipinski definition) is 1. The fourth-order valence-corrected chi connectivity index (χ4v) is 3.73. The highest BCUT2D eigenvalue weighted by atomic mass is 16.1. The molecule has 0 radical (unpaired) electrons. The summed E-state index contributed by atoms with van der Waals surface area (Å²) in [6.45, 7) is 1.92. The molecule has 30 heavy (non-hydrogen) atoms. The normalized spacial score (nSPS) is 13.9. The van der Waals surface area contributed by atoms with Crippen molar-refractivity contribution in [1.82, 2.24) is 29.9 Å². The molecule has 2 aromatic heterocycles. The third kappa shape index (κ3) is 3.53. The Labute approximate surface area is 173 Å². The topological polar surface area (TPSA) is 88.8 Å². The molecule has 0 saturated carbocycles. The Bertz CT molecular complexity index is 1260. The minimum Gasteiger partial charge on any atom is -0.302 e. The number of anilines is 1. The Morgan fingerprint density at radius 3 is 2.83 bits per heavy atom. The summed E-state index contributed by atoms with van der Waals surface area (Å²) < 4.78 is 1.65. The summed E-state index contributed by atoms with van der Waals surface area (Å²) in [5.74, 6) is 0.0717. The number of hydrogen-bond acceptors (Lipinski definition) is 6. The van der Waals surface area contributed by atoms with Gasteiger partial charge in [0.2, 0.25) is 5.95 Å². The number of carbonyl (C=O) groups excluding carboxylic acids is 1. The molecule has 5 rings (SSSR count). The lowest BCUT2D eigenvalue weighted by molar-refractivity contribution is 0.102. The van der Waals surface area contributed by atoms with Crippen molar-refractivity contribution < 1.29 is 4.79 Å². The van der Waals surface area contributed by atoms with Crippen molar-refractivity contribution in [2.45, 2.75) is 13.0 Å². The van der Waals surface area contributed by atoms with Crippen LogP contribution in [0.4, 0.5) is 5.95 Å². The third-order valence-electron chi connectivity index (χ3n) is 5.38. The molecule has 1 N–H and O–H groups in total. The number of rotatable bonds is 3. The van der Waals surface area contributed by atoms with Gasteiger partial charge in [-0.1, -0.05) is 23.4 Å². The van der Waals surface area contributed by atoms with E-state index < -0.39 is 0 Å². The van der Waals surface area contributed by atoms with Crippen LogP contribution in [-0.4, -0.2) is 49.4 Å². The molecule has 8 heteroatoms. The van der Waals surface area contributed by atoms with Gasteiger partial charge in [0, 0.05) is 42.8 Å². The number of carbonyl (C=O) groups is 1. The summed E-state index contributed by atoms with van der Waals surface area (Å²) in [6.07, 6.45) is 4.50. The van der Waals surface area contributed by atoms with Gasteiger partial charge in [-0.2, -0.15) is 0 Å². The van der Waals surface area contributed by atoms with Gasteiger partial charge in [-0.15, -0.1) is 5.10 Å². The van der Waals surface area contributed by atoms with E-state index >= 15 is 0 Å². The maximum Gasteiger partial charge on any atom is 0.258 e. The molecule has 0 bridgehead atoms. The number of benzene rings is 2. The standard InChI is InChI=1S/C22H21N7O/c1-28-8-7-14-9-16(4-6-18(14)12-28)21(30)25-22-23-11-17-5-3-15(10-19(17)24-22)20-13-29(2)27-26-20/h3-6,9-11,13H,7-8,12H2,1-2H3,(H,23,24,25,30). The van der Waals surface area contributed by atoms with Crippen molar-refractivity contribution in [2.24, 2.45) is 7.05 Å². The molecule has 3 heterocycles. The summed E-state index contributed by atoms with van der Waals surface area (Å²) in [6, 6.07) is 11.7. The average molecular weight is 399 g/mol. The van der Waals surface area contributed by atoms with Crippen LogP contribution in [0.3, 0.4) is 0 Å². The fraction of sp³-hybridized carbons (Fsp3) is 0.227. The van der Waals surface area contributed by atoms with Crippen LogP contribution in [0.25, 0.3) is 22.2 Å². The molecule has 0 aliphatic carbocycles. The van der Waals surface area contributed by atoms with Crippen LogP contribution >= 0.6 is 0 Å². The zero-order valence-corrected chi connectivity index (χ0v) is 16.8. The molecule has 0 unspecified atom stereocenters. The number of fused-ring (bicyclic) bond motifs is 2. The van der Waals surface area contributed by atoms with Crippen molar-refractivity contribution in [3.05, 3.63) is 65.5 Å². The van der Waals surface area contributed by atoms with Crippen LogP contribution in [0.1, 0.15) is 21.5 Å². The minimum absolute atomic E-state index is 0.207. The number of amides is 1. The molecule has 1 aliphatic heterocycles. The van der Waals surface area contributed by atoms with E-state index in [4.69, 9.17) is 0 Å². The van der Waals surface area contributed by atoms with E-state index in [1.54, 1.807) is 10.9 Å². The number of aromatic nitrogens is 5. The molecule has 2 aromatic carbocycles. The predicted molar refractivity (Wildman–Crippen MR) is 114 cm³/mol. The summed E-state index contributed by atoms with van der Waals surface area (Å²) in [4.78, 5) is 23.9. The monoisotopic (exact) mass is 399 g/mol. The quantitative estimate of drug-likeness (QED) is 0.570. The van der Waals surface area contributed by atoms with E-state index in [1.807, 2.05) is 49.6 Å². The van der Waals surface area contributed by atoms with E-state index in [1.165, 1.54) is 11.1 Å². The highest BCUT2D eigenvalue weighted by Crippen LogP contribution is 2.23. The van der Waals surface area contributed by atoms with Gasteiger partial charge in [0.05, 0.1) is 11.7 Å². The molecular formula is C22H21N7O. The highest BCUT2D eigenvalue weighted by molar-refractivity contribution is 6.03. The lowest BCUT2D eigenvalue weighted by Crippen LogP contribution is -2.27. The molecule has 0 atom stereocenters. The van der Waals surface area contributed by atoms with Gasteiger partial charge in [-0.3, -0.25) is 14.8 Å². The molecule has 1 amide bonds. The van der Waals surface area contributed by atoms with Gasteiger partial charge in [0.25, 0.3) is 5.91 Å². The Morgan fingerprint density at radius 1 is 1.10 bits per heavy atom. The summed E-state index contributed by atoms with van der Waals surface area (Å²) in [5, 5.41) is 11.8. The SMILES string of the molecule is CN1CCc2cc(C(=O)Nc3ncc4ccc(-c5cn(C)nn5)cc4n3)ccc2C1. The van der Waals surface area contributed by atoms with E-state index in [0.717, 1.165) is 41.7 Å². The van der Waals surface area contributed by atoms with E-state index in [-0.39, 0.29) is 11.9 Å². The maximum atomic E-state index is 12.8. The van der Waals surface area contributed by atoms with Crippen LogP contribution < -0.4 is 5.32 Å². The number of nitrogens with one attached hydrogen (secondary N) is 1. The zero-order valence-electron chi connectivity index (χ0n) is 16.8. The molecule has 4 aromatic rings. The molecule has 0 fully saturated rings. The van der Waals surface area contributed by atoms with Crippen LogP contribution in [0, 0.1) is 0 Å². The average Bonchev–Trinajstić information content (AvgIpc) is 3.19. The number of aryl methyl sites for hydroxylation is 1. The van der Waals surface area contributed by atoms with Gasteiger partial charge in [-0.25, -0.2) is 9.97 Å². The Morgan fingerprint density at radius 2 is 2.00 bits per heavy atom. The smallest absolute Gasteiger partial charge is 0.258 e. The maximum absolute atomic E-state index is 12.8. The molecule has 8 nitrogen and oxygen atoms in total. The Hall–Kier alpha value is -3.65. The first-order chi connectivity index (χ1) is 14.5. The van der Waals surface area contributed by atoms with Crippen LogP contribution in [0.5, 0.6) is 0 Å².